The molecule has 6 heteroatoms. The van der Waals surface area contributed by atoms with Gasteiger partial charge >= 0.3 is 5.97 Å². The molecule has 2 aromatic rings. The van der Waals surface area contributed by atoms with Crippen LogP contribution in [0.5, 0.6) is 0 Å². The van der Waals surface area contributed by atoms with Gasteiger partial charge < -0.3 is 10.4 Å². The molecule has 2 atom stereocenters. The zero-order valence-corrected chi connectivity index (χ0v) is 12.3. The fraction of sp³-hybridized carbons (Fsp3) is 0.333. The van der Waals surface area contributed by atoms with Crippen LogP contribution < -0.4 is 5.32 Å². The molecule has 0 aliphatic heterocycles. The molecule has 1 aliphatic carbocycles. The number of nitrogens with zero attached hydrogens (tertiary/aromatic N) is 1. The molecule has 1 aromatic heterocycles. The van der Waals surface area contributed by atoms with Gasteiger partial charge in [-0.1, -0.05) is 12.1 Å². The smallest absolute Gasteiger partial charge is 0.312 e. The number of fused-ring (bicyclic) bond motifs is 1. The molecule has 2 N–H and O–H groups in total. The molecule has 0 fully saturated rings. The first kappa shape index (κ1) is 14.0. The number of benzene rings is 1. The molecule has 2 unspecified atom stereocenters. The summed E-state index contributed by atoms with van der Waals surface area (Å²) in [4.78, 5) is 16.6. The Morgan fingerprint density at radius 3 is 3.10 bits per heavy atom. The average molecular weight is 306 g/mol. The molecule has 1 heterocycles. The summed E-state index contributed by atoms with van der Waals surface area (Å²) in [6.07, 6.45) is 1.39. The van der Waals surface area contributed by atoms with E-state index in [4.69, 9.17) is 5.11 Å². The highest BCUT2D eigenvalue weighted by Gasteiger charge is 2.32. The van der Waals surface area contributed by atoms with Crippen LogP contribution >= 0.6 is 11.3 Å². The van der Waals surface area contributed by atoms with E-state index in [1.54, 1.807) is 6.07 Å². The minimum absolute atomic E-state index is 0.0877. The summed E-state index contributed by atoms with van der Waals surface area (Å²) in [6, 6.07) is 6.33. The van der Waals surface area contributed by atoms with Crippen LogP contribution in [0.2, 0.25) is 0 Å². The number of hydrogen-bond donors (Lipinski definition) is 2. The maximum Gasteiger partial charge on any atom is 0.312 e. The quantitative estimate of drug-likeness (QED) is 0.906. The Hall–Kier alpha value is -1.95. The summed E-state index contributed by atoms with van der Waals surface area (Å²) in [7, 11) is 0. The molecular formula is C15H15FN2O2S. The Morgan fingerprint density at radius 2 is 2.38 bits per heavy atom. The number of aryl methyl sites for hydroxylation is 1. The van der Waals surface area contributed by atoms with Crippen molar-refractivity contribution < 1.29 is 14.3 Å². The lowest BCUT2D eigenvalue weighted by Gasteiger charge is -2.13. The van der Waals surface area contributed by atoms with E-state index in [1.807, 2.05) is 13.0 Å². The number of halogens is 1. The van der Waals surface area contributed by atoms with Gasteiger partial charge in [0.15, 0.2) is 5.13 Å². The SMILES string of the molecule is CC(Nc1nc2c(s1)CCC2C(=O)O)c1cccc(F)c1. The molecule has 0 saturated carbocycles. The van der Waals surface area contributed by atoms with Crippen molar-refractivity contribution in [2.24, 2.45) is 0 Å². The fourth-order valence-electron chi connectivity index (χ4n) is 2.57. The number of carboxylic acid groups (broad SMARTS) is 1. The van der Waals surface area contributed by atoms with Crippen molar-refractivity contribution in [1.29, 1.82) is 0 Å². The monoisotopic (exact) mass is 306 g/mol. The summed E-state index contributed by atoms with van der Waals surface area (Å²) in [6.45, 7) is 1.93. The summed E-state index contributed by atoms with van der Waals surface area (Å²) in [5.74, 6) is -1.58. The lowest BCUT2D eigenvalue weighted by Crippen LogP contribution is -2.10. The third-order valence-corrected chi connectivity index (χ3v) is 4.77. The molecular weight excluding hydrogens is 291 g/mol. The summed E-state index contributed by atoms with van der Waals surface area (Å²) < 4.78 is 13.2. The third-order valence-electron chi connectivity index (χ3n) is 3.70. The Bertz CT molecular complexity index is 686. The number of hydrogen-bond acceptors (Lipinski definition) is 4. The number of rotatable bonds is 4. The third kappa shape index (κ3) is 2.76. The van der Waals surface area contributed by atoms with E-state index >= 15 is 0 Å². The number of carboxylic acids is 1. The van der Waals surface area contributed by atoms with Crippen molar-refractivity contribution in [1.82, 2.24) is 4.98 Å². The first-order chi connectivity index (χ1) is 10.0. The molecule has 0 radical (unpaired) electrons. The minimum atomic E-state index is -0.816. The number of anilines is 1. The average Bonchev–Trinajstić information content (AvgIpc) is 2.97. The van der Waals surface area contributed by atoms with E-state index in [2.05, 4.69) is 10.3 Å². The van der Waals surface area contributed by atoms with E-state index in [0.29, 0.717) is 17.2 Å². The van der Waals surface area contributed by atoms with Crippen LogP contribution in [-0.4, -0.2) is 16.1 Å². The standard InChI is InChI=1S/C15H15FN2O2S/c1-8(9-3-2-4-10(16)7-9)17-15-18-13-11(14(19)20)5-6-12(13)21-15/h2-4,7-8,11H,5-6H2,1H3,(H,17,18)(H,19,20). The second-order valence-corrected chi connectivity index (χ2v) is 6.26. The number of aliphatic carboxylic acids is 1. The van der Waals surface area contributed by atoms with Crippen LogP contribution in [-0.2, 0) is 11.2 Å². The molecule has 21 heavy (non-hydrogen) atoms. The Kier molecular flexibility index (Phi) is 3.63. The van der Waals surface area contributed by atoms with Crippen LogP contribution in [0.1, 0.15) is 41.4 Å². The molecule has 0 bridgehead atoms. The largest absolute Gasteiger partial charge is 0.481 e. The molecule has 4 nitrogen and oxygen atoms in total. The predicted molar refractivity (Wildman–Crippen MR) is 79.2 cm³/mol. The van der Waals surface area contributed by atoms with Gasteiger partial charge in [-0.15, -0.1) is 11.3 Å². The lowest BCUT2D eigenvalue weighted by atomic mass is 10.1. The zero-order valence-electron chi connectivity index (χ0n) is 11.5. The summed E-state index contributed by atoms with van der Waals surface area (Å²) in [5.41, 5.74) is 1.52. The number of aromatic nitrogens is 1. The highest BCUT2D eigenvalue weighted by molar-refractivity contribution is 7.15. The van der Waals surface area contributed by atoms with Crippen molar-refractivity contribution in [3.05, 3.63) is 46.2 Å². The van der Waals surface area contributed by atoms with Crippen LogP contribution in [0.4, 0.5) is 9.52 Å². The van der Waals surface area contributed by atoms with Crippen molar-refractivity contribution in [2.75, 3.05) is 5.32 Å². The van der Waals surface area contributed by atoms with Crippen LogP contribution in [0.3, 0.4) is 0 Å². The fourth-order valence-corrected chi connectivity index (χ4v) is 3.70. The van der Waals surface area contributed by atoms with E-state index in [9.17, 15) is 9.18 Å². The highest BCUT2D eigenvalue weighted by atomic mass is 32.1. The molecule has 1 aliphatic rings. The van der Waals surface area contributed by atoms with Gasteiger partial charge in [-0.2, -0.15) is 0 Å². The minimum Gasteiger partial charge on any atom is -0.481 e. The van der Waals surface area contributed by atoms with E-state index in [0.717, 1.165) is 16.9 Å². The first-order valence-electron chi connectivity index (χ1n) is 6.79. The maximum absolute atomic E-state index is 13.2. The van der Waals surface area contributed by atoms with Gasteiger partial charge in [-0.3, -0.25) is 4.79 Å². The number of nitrogens with one attached hydrogen (secondary N) is 1. The second kappa shape index (κ2) is 5.44. The zero-order chi connectivity index (χ0) is 15.0. The van der Waals surface area contributed by atoms with Gasteiger partial charge in [0.1, 0.15) is 11.7 Å². The molecule has 0 amide bonds. The molecule has 110 valence electrons. The van der Waals surface area contributed by atoms with E-state index in [1.165, 1.54) is 23.5 Å². The molecule has 3 rings (SSSR count). The Morgan fingerprint density at radius 1 is 1.57 bits per heavy atom. The number of thiazole rings is 1. The van der Waals surface area contributed by atoms with Gasteiger partial charge in [-0.25, -0.2) is 9.37 Å². The van der Waals surface area contributed by atoms with Crippen LogP contribution in [0, 0.1) is 5.82 Å². The van der Waals surface area contributed by atoms with Crippen molar-refractivity contribution in [2.45, 2.75) is 31.7 Å². The second-order valence-electron chi connectivity index (χ2n) is 5.18. The molecule has 0 saturated heterocycles. The summed E-state index contributed by atoms with van der Waals surface area (Å²) in [5, 5.41) is 13.1. The normalized spacial score (nSPS) is 18.3. The first-order valence-corrected chi connectivity index (χ1v) is 7.60. The topological polar surface area (TPSA) is 62.2 Å². The van der Waals surface area contributed by atoms with Gasteiger partial charge in [0.05, 0.1) is 11.7 Å². The molecule has 1 aromatic carbocycles. The molecule has 0 spiro atoms. The van der Waals surface area contributed by atoms with Crippen molar-refractivity contribution in [3.8, 4) is 0 Å². The predicted octanol–water partition coefficient (Wildman–Crippen LogP) is 3.57. The van der Waals surface area contributed by atoms with Crippen molar-refractivity contribution >= 4 is 22.4 Å². The number of carbonyl (C=O) groups is 1. The van der Waals surface area contributed by atoms with Gasteiger partial charge in [0, 0.05) is 4.88 Å². The van der Waals surface area contributed by atoms with Gasteiger partial charge in [-0.05, 0) is 37.5 Å². The van der Waals surface area contributed by atoms with Gasteiger partial charge in [0.2, 0.25) is 0 Å². The Balaban J connectivity index is 1.77. The Labute approximate surface area is 125 Å². The van der Waals surface area contributed by atoms with Crippen molar-refractivity contribution in [3.63, 3.8) is 0 Å². The van der Waals surface area contributed by atoms with Crippen LogP contribution in [0.15, 0.2) is 24.3 Å². The van der Waals surface area contributed by atoms with Crippen LogP contribution in [0.25, 0.3) is 0 Å². The highest BCUT2D eigenvalue weighted by Crippen LogP contribution is 2.39. The van der Waals surface area contributed by atoms with E-state index < -0.39 is 11.9 Å². The lowest BCUT2D eigenvalue weighted by molar-refractivity contribution is -0.138. The van der Waals surface area contributed by atoms with E-state index in [-0.39, 0.29) is 11.9 Å². The maximum atomic E-state index is 13.2. The van der Waals surface area contributed by atoms with Gasteiger partial charge in [0.25, 0.3) is 0 Å². The summed E-state index contributed by atoms with van der Waals surface area (Å²) >= 11 is 1.49.